The van der Waals surface area contributed by atoms with Crippen LogP contribution in [0.1, 0.15) is 227 Å². The van der Waals surface area contributed by atoms with Gasteiger partial charge in [-0.1, -0.05) is 395 Å². The molecular weight excluding hydrogens is 1290 g/mol. The molecule has 0 aliphatic heterocycles. The molecule has 0 fully saturated rings. The van der Waals surface area contributed by atoms with Gasteiger partial charge in [0, 0.05) is 11.8 Å². The van der Waals surface area contributed by atoms with Crippen LogP contribution in [-0.2, 0) is 38.3 Å². The fraction of sp³-hybridized carbons (Fsp3) is 0.437. The normalized spacial score (nSPS) is 7.90. The van der Waals surface area contributed by atoms with Crippen LogP contribution >= 0.6 is 0 Å². The minimum absolute atomic E-state index is 0.0287. The Labute approximate surface area is 607 Å². The van der Waals surface area contributed by atoms with E-state index in [1.165, 1.54) is 49.5 Å². The van der Waals surface area contributed by atoms with Crippen molar-refractivity contribution in [3.8, 4) is 0 Å². The van der Waals surface area contributed by atoms with Crippen LogP contribution in [0.4, 0.5) is 0 Å². The summed E-state index contributed by atoms with van der Waals surface area (Å²) in [7, 11) is 2.55. The highest BCUT2D eigenvalue weighted by atomic mass is 127. The van der Waals surface area contributed by atoms with Crippen molar-refractivity contribution >= 4 is 52.1 Å². The number of carbonyl (C=O) groups is 1. The van der Waals surface area contributed by atoms with Crippen LogP contribution in [0, 0.1) is 14.1 Å². The highest BCUT2D eigenvalue weighted by Crippen LogP contribution is 2.20. The van der Waals surface area contributed by atoms with Gasteiger partial charge in [0.2, 0.25) is 0 Å². The van der Waals surface area contributed by atoms with Crippen LogP contribution in [-0.4, -0.2) is 37.1 Å². The largest absolute Gasteiger partial charge is 0.357 e. The quantitative estimate of drug-likeness (QED) is 0.0609. The number of halogens is 1. The van der Waals surface area contributed by atoms with E-state index in [9.17, 15) is 4.79 Å². The number of hydrogen-bond donors (Lipinski definition) is 0. The number of ketones is 1. The Morgan fingerprint density at radius 2 is 0.538 bits per heavy atom. The lowest BCUT2D eigenvalue weighted by Gasteiger charge is -2.00. The molecule has 1 nitrogen and oxygen atoms in total. The first-order valence-corrected chi connectivity index (χ1v) is 42.7. The van der Waals surface area contributed by atoms with Crippen molar-refractivity contribution in [1.29, 1.82) is 0 Å². The van der Waals surface area contributed by atoms with Crippen molar-refractivity contribution in [2.24, 2.45) is 0 Å². The van der Waals surface area contributed by atoms with Crippen LogP contribution in [0.25, 0.3) is 0 Å². The Morgan fingerprint density at radius 3 is 0.710 bits per heavy atom. The maximum Gasteiger partial charge on any atom is 0.357 e. The van der Waals surface area contributed by atoms with Crippen molar-refractivity contribution in [2.75, 3.05) is 18.8 Å². The van der Waals surface area contributed by atoms with E-state index in [4.69, 9.17) is 0 Å². The molecule has 0 aromatic heterocycles. The first-order valence-electron chi connectivity index (χ1n) is 35.9. The molecule has 0 saturated carbocycles. The van der Waals surface area contributed by atoms with E-state index < -0.39 is 0 Å². The lowest BCUT2D eigenvalue weighted by Crippen LogP contribution is -3.61. The Hall–Kier alpha value is -4.73. The second-order valence-corrected chi connectivity index (χ2v) is 22.8. The summed E-state index contributed by atoms with van der Waals surface area (Å²) < 4.78 is 2.96. The SMILES string of the molecule is CC.CC.CC.CC.CC.CC.CC.CC.CC.CC.CC.CC.CC.CC.CC.CC(=O)C(C)[S+](C)C.C[B]c1ccccc1.C[S+](c1ccccc1)c1ccccc1.Cc1ccccc1.c1ccc([I+]c2ccccc2)cc1.c1ccc([SH+]c2ccccc2)cc1. The third-order valence-corrected chi connectivity index (χ3v) is 16.5. The van der Waals surface area contributed by atoms with Crippen molar-refractivity contribution in [3.63, 3.8) is 0 Å². The molecule has 8 aromatic carbocycles. The molecule has 0 saturated heterocycles. The minimum atomic E-state index is 0.0287. The smallest absolute Gasteiger partial charge is 0.294 e. The molecule has 1 unspecified atom stereocenters. The van der Waals surface area contributed by atoms with E-state index >= 15 is 0 Å². The molecule has 1 atom stereocenters. The van der Waals surface area contributed by atoms with Crippen molar-refractivity contribution in [1.82, 2.24) is 0 Å². The van der Waals surface area contributed by atoms with Gasteiger partial charge in [-0.25, -0.2) is 0 Å². The third-order valence-electron chi connectivity index (χ3n) is 9.00. The lowest BCUT2D eigenvalue weighted by atomic mass is 9.74. The van der Waals surface area contributed by atoms with Crippen LogP contribution in [0.3, 0.4) is 0 Å². The summed E-state index contributed by atoms with van der Waals surface area (Å²) in [5.41, 5.74) is 2.61. The van der Waals surface area contributed by atoms with Gasteiger partial charge in [-0.3, -0.25) is 4.79 Å². The number of benzene rings is 8. The molecule has 0 aliphatic carbocycles. The van der Waals surface area contributed by atoms with Gasteiger partial charge in [0.05, 0.1) is 23.4 Å². The van der Waals surface area contributed by atoms with E-state index in [0.717, 1.165) is 0 Å². The van der Waals surface area contributed by atoms with Crippen LogP contribution in [0.2, 0.25) is 6.82 Å². The van der Waals surface area contributed by atoms with Crippen molar-refractivity contribution in [3.05, 3.63) is 255 Å². The average molecular weight is 1450 g/mol. The van der Waals surface area contributed by atoms with Gasteiger partial charge >= 0.3 is 21.2 Å². The van der Waals surface area contributed by atoms with E-state index in [1.54, 1.807) is 6.92 Å². The van der Waals surface area contributed by atoms with Gasteiger partial charge in [-0.2, -0.15) is 0 Å². The monoisotopic (exact) mass is 1450 g/mol. The summed E-state index contributed by atoms with van der Waals surface area (Å²) in [6.45, 7) is 67.7. The zero-order valence-electron chi connectivity index (χ0n) is 67.8. The molecule has 93 heavy (non-hydrogen) atoms. The Kier molecular flexibility index (Phi) is 150. The Balaban J connectivity index is -0.0000000700. The summed E-state index contributed by atoms with van der Waals surface area (Å²) in [5.74, 6) is 0.304. The Morgan fingerprint density at radius 1 is 0.333 bits per heavy atom. The molecule has 0 heterocycles. The van der Waals surface area contributed by atoms with Crippen molar-refractivity contribution in [2.45, 2.75) is 260 Å². The summed E-state index contributed by atoms with van der Waals surface area (Å²) >= 11 is 1.31. The molecule has 0 amide bonds. The number of Topliss-reactive ketones (excluding diaryl/α,β-unsaturated/α-hetero) is 1. The fourth-order valence-corrected chi connectivity index (χ4v) is 10.4. The summed E-state index contributed by atoms with van der Waals surface area (Å²) in [6, 6.07) is 84.2. The van der Waals surface area contributed by atoms with Gasteiger partial charge in [-0.05, 0) is 104 Å². The fourth-order valence-electron chi connectivity index (χ4n) is 5.13. The third kappa shape index (κ3) is 87.3. The number of hydrogen-bond acceptors (Lipinski definition) is 1. The zero-order valence-corrected chi connectivity index (χ0v) is 72.5. The predicted molar refractivity (Wildman–Crippen MR) is 450 cm³/mol. The van der Waals surface area contributed by atoms with Gasteiger partial charge in [-0.15, -0.1) is 0 Å². The second kappa shape index (κ2) is 118. The molecule has 0 N–H and O–H groups in total. The molecular formula is C87H153BIOS3+4. The number of carbonyl (C=O) groups excluding carboxylic acids is 1. The molecule has 0 aliphatic rings. The first-order chi connectivity index (χ1) is 45.7. The molecule has 8 rings (SSSR count). The Bertz CT molecular complexity index is 2100. The predicted octanol–water partition coefficient (Wildman–Crippen LogP) is 25.4. The topological polar surface area (TPSA) is 17.1 Å². The second-order valence-electron chi connectivity index (χ2n) is 14.1. The van der Waals surface area contributed by atoms with Gasteiger partial charge in [0.25, 0.3) is 0 Å². The highest BCUT2D eigenvalue weighted by Gasteiger charge is 2.19. The number of thiol groups is 1. The van der Waals surface area contributed by atoms with E-state index in [-0.39, 0.29) is 48.2 Å². The van der Waals surface area contributed by atoms with Crippen LogP contribution < -0.4 is 26.7 Å². The zero-order chi connectivity index (χ0) is 75.3. The van der Waals surface area contributed by atoms with Crippen molar-refractivity contribution < 1.29 is 26.0 Å². The standard InChI is InChI=1S/C13H13S.C12H10I.C12H10S.C7H8B.C7H8.C6H13OS.15C2H6/c1-14(12-8-4-2-5-9-12)13-10-6-3-7-11-13;2*1-3-7-11(8-4-1)13-12-9-5-2-6-10-12;1-8-7-5-3-2-4-6-7;1-7-5-3-2-4-6-7;1-5(7)6(2)8(3)4;15*1-2/h2-11H,1H3;2*1-10H;2-6H,1H3;2-6H,1H3;6H,1-4H3;15*1-2H3/q2*+1;;;;+1;;;;;;;;;;;;;;;/p+1. The van der Waals surface area contributed by atoms with E-state index in [2.05, 4.69) is 227 Å². The first kappa shape index (κ1) is 119. The van der Waals surface area contributed by atoms with Gasteiger partial charge in [0.15, 0.2) is 37.8 Å². The van der Waals surface area contributed by atoms with Crippen LogP contribution in [0.15, 0.2) is 262 Å². The molecule has 0 spiro atoms. The van der Waals surface area contributed by atoms with E-state index in [0.29, 0.717) is 5.78 Å². The highest BCUT2D eigenvalue weighted by molar-refractivity contribution is 7.96. The maximum atomic E-state index is 10.6. The van der Waals surface area contributed by atoms with Gasteiger partial charge in [0.1, 0.15) is 13.5 Å². The minimum Gasteiger partial charge on any atom is -0.294 e. The number of rotatable bonds is 9. The molecule has 1 radical (unpaired) electrons. The van der Waals surface area contributed by atoms with Crippen LogP contribution in [0.5, 0.6) is 0 Å². The molecule has 8 aromatic rings. The molecule has 0 bridgehead atoms. The lowest BCUT2D eigenvalue weighted by molar-refractivity contribution is -0.597. The van der Waals surface area contributed by atoms with Gasteiger partial charge < -0.3 is 0 Å². The summed E-state index contributed by atoms with van der Waals surface area (Å²) in [4.78, 5) is 16.1. The average Bonchev–Trinajstić information content (AvgIpc) is 3.28. The van der Waals surface area contributed by atoms with E-state index in [1.807, 2.05) is 270 Å². The molecule has 6 heteroatoms. The maximum absolute atomic E-state index is 10.6. The summed E-state index contributed by atoms with van der Waals surface area (Å²) in [6.07, 6.45) is 6.45. The number of aryl methyl sites for hydroxylation is 1. The summed E-state index contributed by atoms with van der Waals surface area (Å²) in [5, 5.41) is 0.259. The molecule has 531 valence electrons.